The van der Waals surface area contributed by atoms with Gasteiger partial charge in [-0.2, -0.15) is 0 Å². The Hall–Kier alpha value is -2.23. The molecule has 0 aliphatic carbocycles. The minimum absolute atomic E-state index is 0.0225. The number of phenolic OH excluding ortho intramolecular Hbond substituents is 1. The van der Waals surface area contributed by atoms with E-state index in [0.717, 1.165) is 10.8 Å². The van der Waals surface area contributed by atoms with Gasteiger partial charge in [0.1, 0.15) is 11.5 Å². The van der Waals surface area contributed by atoms with Gasteiger partial charge in [0.2, 0.25) is 0 Å². The Morgan fingerprint density at radius 3 is 2.68 bits per heavy atom. The summed E-state index contributed by atoms with van der Waals surface area (Å²) in [6.45, 7) is 2.60. The van der Waals surface area contributed by atoms with Crippen molar-refractivity contribution in [1.82, 2.24) is 4.90 Å². The first-order valence-electron chi connectivity index (χ1n) is 6.19. The Kier molecular flexibility index (Phi) is 3.90. The molecule has 0 aliphatic rings. The molecule has 0 unspecified atom stereocenters. The van der Waals surface area contributed by atoms with Crippen LogP contribution in [0.3, 0.4) is 0 Å². The lowest BCUT2D eigenvalue weighted by Gasteiger charge is -2.15. The molecule has 1 amide bonds. The number of carbonyl (C=O) groups excluding carboxylic acids is 1. The zero-order valence-corrected chi connectivity index (χ0v) is 11.1. The molecule has 0 saturated heterocycles. The SMILES string of the molecule is CCN(C)C(=O)COc1ccc2ccc(O)cc2c1. The summed E-state index contributed by atoms with van der Waals surface area (Å²) in [7, 11) is 1.74. The second kappa shape index (κ2) is 5.61. The molecule has 2 rings (SSSR count). The third-order valence-electron chi connectivity index (χ3n) is 3.06. The summed E-state index contributed by atoms with van der Waals surface area (Å²) < 4.78 is 5.47. The second-order valence-electron chi connectivity index (χ2n) is 4.39. The van der Waals surface area contributed by atoms with Gasteiger partial charge in [-0.25, -0.2) is 0 Å². The minimum Gasteiger partial charge on any atom is -0.508 e. The fourth-order valence-electron chi connectivity index (χ4n) is 1.73. The maximum absolute atomic E-state index is 11.6. The lowest BCUT2D eigenvalue weighted by molar-refractivity contribution is -0.131. The Balaban J connectivity index is 2.11. The van der Waals surface area contributed by atoms with Crippen molar-refractivity contribution >= 4 is 16.7 Å². The second-order valence-corrected chi connectivity index (χ2v) is 4.39. The number of ether oxygens (including phenoxy) is 1. The summed E-state index contributed by atoms with van der Waals surface area (Å²) in [4.78, 5) is 13.2. The van der Waals surface area contributed by atoms with Crippen LogP contribution in [0.4, 0.5) is 0 Å². The number of nitrogens with zero attached hydrogens (tertiary/aromatic N) is 1. The van der Waals surface area contributed by atoms with Crippen LogP contribution in [-0.2, 0) is 4.79 Å². The van der Waals surface area contributed by atoms with E-state index in [1.54, 1.807) is 24.1 Å². The number of amides is 1. The van der Waals surface area contributed by atoms with Gasteiger partial charge in [0.15, 0.2) is 6.61 Å². The number of fused-ring (bicyclic) bond motifs is 1. The van der Waals surface area contributed by atoms with Gasteiger partial charge < -0.3 is 14.7 Å². The van der Waals surface area contributed by atoms with Gasteiger partial charge in [-0.05, 0) is 42.0 Å². The first kappa shape index (κ1) is 13.2. The van der Waals surface area contributed by atoms with E-state index < -0.39 is 0 Å². The topological polar surface area (TPSA) is 49.8 Å². The van der Waals surface area contributed by atoms with E-state index in [0.29, 0.717) is 12.3 Å². The average molecular weight is 259 g/mol. The Bertz CT molecular complexity index is 595. The van der Waals surface area contributed by atoms with Crippen molar-refractivity contribution in [3.63, 3.8) is 0 Å². The number of aromatic hydroxyl groups is 1. The number of hydrogen-bond acceptors (Lipinski definition) is 3. The third kappa shape index (κ3) is 3.16. The quantitative estimate of drug-likeness (QED) is 0.917. The number of phenols is 1. The molecule has 0 heterocycles. The maximum Gasteiger partial charge on any atom is 0.260 e. The molecule has 0 atom stereocenters. The largest absolute Gasteiger partial charge is 0.508 e. The Labute approximate surface area is 112 Å². The highest BCUT2D eigenvalue weighted by Gasteiger charge is 2.07. The Morgan fingerprint density at radius 1 is 1.21 bits per heavy atom. The van der Waals surface area contributed by atoms with Crippen LogP contribution in [0.5, 0.6) is 11.5 Å². The van der Waals surface area contributed by atoms with Gasteiger partial charge >= 0.3 is 0 Å². The van der Waals surface area contributed by atoms with Crippen molar-refractivity contribution in [2.24, 2.45) is 0 Å². The normalized spacial score (nSPS) is 10.4. The predicted molar refractivity (Wildman–Crippen MR) is 74.4 cm³/mol. The highest BCUT2D eigenvalue weighted by atomic mass is 16.5. The highest BCUT2D eigenvalue weighted by molar-refractivity contribution is 5.85. The van der Waals surface area contributed by atoms with E-state index in [1.807, 2.05) is 31.2 Å². The van der Waals surface area contributed by atoms with Crippen molar-refractivity contribution in [3.8, 4) is 11.5 Å². The molecule has 19 heavy (non-hydrogen) atoms. The summed E-state index contributed by atoms with van der Waals surface area (Å²) in [5.41, 5.74) is 0. The van der Waals surface area contributed by atoms with Crippen LogP contribution in [-0.4, -0.2) is 36.1 Å². The third-order valence-corrected chi connectivity index (χ3v) is 3.06. The molecule has 0 aromatic heterocycles. The van der Waals surface area contributed by atoms with Crippen molar-refractivity contribution in [2.75, 3.05) is 20.2 Å². The molecular weight excluding hydrogens is 242 g/mol. The van der Waals surface area contributed by atoms with Crippen molar-refractivity contribution in [2.45, 2.75) is 6.92 Å². The monoisotopic (exact) mass is 259 g/mol. The van der Waals surface area contributed by atoms with E-state index in [4.69, 9.17) is 4.74 Å². The van der Waals surface area contributed by atoms with E-state index in [9.17, 15) is 9.90 Å². The summed E-state index contributed by atoms with van der Waals surface area (Å²) in [5.74, 6) is 0.779. The van der Waals surface area contributed by atoms with Gasteiger partial charge in [-0.1, -0.05) is 12.1 Å². The molecule has 2 aromatic carbocycles. The molecule has 0 spiro atoms. The molecular formula is C15H17NO3. The number of hydrogen-bond donors (Lipinski definition) is 1. The zero-order valence-electron chi connectivity index (χ0n) is 11.1. The molecule has 4 heteroatoms. The van der Waals surface area contributed by atoms with Crippen LogP contribution in [0.25, 0.3) is 10.8 Å². The van der Waals surface area contributed by atoms with Crippen LogP contribution in [0.1, 0.15) is 6.92 Å². The number of benzene rings is 2. The van der Waals surface area contributed by atoms with E-state index in [1.165, 1.54) is 0 Å². The van der Waals surface area contributed by atoms with Crippen molar-refractivity contribution < 1.29 is 14.6 Å². The molecule has 0 saturated carbocycles. The minimum atomic E-state index is -0.0569. The zero-order chi connectivity index (χ0) is 13.8. The van der Waals surface area contributed by atoms with E-state index in [-0.39, 0.29) is 18.3 Å². The molecule has 2 aromatic rings. The standard InChI is InChI=1S/C15H17NO3/c1-3-16(2)15(18)10-19-14-7-5-11-4-6-13(17)8-12(11)9-14/h4-9,17H,3,10H2,1-2H3. The fraction of sp³-hybridized carbons (Fsp3) is 0.267. The van der Waals surface area contributed by atoms with Crippen molar-refractivity contribution in [3.05, 3.63) is 36.4 Å². The lowest BCUT2D eigenvalue weighted by Crippen LogP contribution is -2.31. The first-order chi connectivity index (χ1) is 9.10. The number of likely N-dealkylation sites (N-methyl/N-ethyl adjacent to an activating group) is 1. The van der Waals surface area contributed by atoms with E-state index >= 15 is 0 Å². The average Bonchev–Trinajstić information content (AvgIpc) is 2.43. The number of rotatable bonds is 4. The van der Waals surface area contributed by atoms with Gasteiger partial charge in [0.25, 0.3) is 5.91 Å². The van der Waals surface area contributed by atoms with Crippen LogP contribution in [0.2, 0.25) is 0 Å². The summed E-state index contributed by atoms with van der Waals surface area (Å²) >= 11 is 0. The first-order valence-corrected chi connectivity index (χ1v) is 6.19. The molecule has 100 valence electrons. The molecule has 0 radical (unpaired) electrons. The van der Waals surface area contributed by atoms with Crippen LogP contribution >= 0.6 is 0 Å². The predicted octanol–water partition coefficient (Wildman–Crippen LogP) is 2.40. The number of carbonyl (C=O) groups is 1. The van der Waals surface area contributed by atoms with Crippen LogP contribution in [0, 0.1) is 0 Å². The van der Waals surface area contributed by atoms with Gasteiger partial charge in [0, 0.05) is 13.6 Å². The van der Waals surface area contributed by atoms with Crippen molar-refractivity contribution in [1.29, 1.82) is 0 Å². The van der Waals surface area contributed by atoms with Gasteiger partial charge in [0.05, 0.1) is 0 Å². The maximum atomic E-state index is 11.6. The van der Waals surface area contributed by atoms with Gasteiger partial charge in [-0.15, -0.1) is 0 Å². The smallest absolute Gasteiger partial charge is 0.260 e. The molecule has 0 aliphatic heterocycles. The lowest BCUT2D eigenvalue weighted by atomic mass is 10.1. The molecule has 0 bridgehead atoms. The van der Waals surface area contributed by atoms with Crippen LogP contribution in [0.15, 0.2) is 36.4 Å². The van der Waals surface area contributed by atoms with Crippen LogP contribution < -0.4 is 4.74 Å². The molecule has 1 N–H and O–H groups in total. The van der Waals surface area contributed by atoms with E-state index in [2.05, 4.69) is 0 Å². The fourth-order valence-corrected chi connectivity index (χ4v) is 1.73. The highest BCUT2D eigenvalue weighted by Crippen LogP contribution is 2.24. The van der Waals surface area contributed by atoms with Gasteiger partial charge in [-0.3, -0.25) is 4.79 Å². The Morgan fingerprint density at radius 2 is 1.95 bits per heavy atom. The molecule has 4 nitrogen and oxygen atoms in total. The molecule has 0 fully saturated rings. The summed E-state index contributed by atoms with van der Waals surface area (Å²) in [5, 5.41) is 11.3. The summed E-state index contributed by atoms with van der Waals surface area (Å²) in [6, 6.07) is 10.7. The summed E-state index contributed by atoms with van der Waals surface area (Å²) in [6.07, 6.45) is 0.